The predicted octanol–water partition coefficient (Wildman–Crippen LogP) is 3.60. The molecule has 0 radical (unpaired) electrons. The summed E-state index contributed by atoms with van der Waals surface area (Å²) in [5.41, 5.74) is 0.500. The number of para-hydroxylation sites is 1. The molecule has 0 unspecified atom stereocenters. The second-order valence-electron chi connectivity index (χ2n) is 4.90. The van der Waals surface area contributed by atoms with E-state index in [0.717, 1.165) is 0 Å². The molecule has 0 saturated carbocycles. The Morgan fingerprint density at radius 1 is 0.833 bits per heavy atom. The molecule has 1 aliphatic heterocycles. The van der Waals surface area contributed by atoms with Crippen LogP contribution in [0, 0.1) is 29.1 Å². The van der Waals surface area contributed by atoms with Crippen LogP contribution in [0.25, 0.3) is 6.08 Å². The van der Waals surface area contributed by atoms with Crippen molar-refractivity contribution in [1.29, 1.82) is 0 Å². The van der Waals surface area contributed by atoms with E-state index < -0.39 is 44.0 Å². The Balaban J connectivity index is 2.26. The highest BCUT2D eigenvalue weighted by Crippen LogP contribution is 2.34. The van der Waals surface area contributed by atoms with Crippen LogP contribution in [0.15, 0.2) is 35.2 Å². The second-order valence-corrected chi connectivity index (χ2v) is 6.70. The number of hydrogen-bond donors (Lipinski definition) is 0. The molecular formula is C15H8F5NO2S. The first-order valence-corrected chi connectivity index (χ1v) is 8.00. The molecule has 0 amide bonds. The van der Waals surface area contributed by atoms with Crippen LogP contribution in [0.3, 0.4) is 0 Å². The van der Waals surface area contributed by atoms with Crippen LogP contribution in [0.1, 0.15) is 5.56 Å². The van der Waals surface area contributed by atoms with Crippen molar-refractivity contribution >= 4 is 21.8 Å². The van der Waals surface area contributed by atoms with Gasteiger partial charge in [0.25, 0.3) is 10.0 Å². The molecule has 1 aliphatic rings. The van der Waals surface area contributed by atoms with Gasteiger partial charge >= 0.3 is 0 Å². The lowest BCUT2D eigenvalue weighted by Gasteiger charge is -2.27. The zero-order chi connectivity index (χ0) is 17.6. The Morgan fingerprint density at radius 2 is 1.38 bits per heavy atom. The van der Waals surface area contributed by atoms with Crippen molar-refractivity contribution in [2.24, 2.45) is 0 Å². The molecule has 0 saturated heterocycles. The van der Waals surface area contributed by atoms with Gasteiger partial charge in [-0.2, -0.15) is 0 Å². The molecule has 3 nitrogen and oxygen atoms in total. The zero-order valence-corrected chi connectivity index (χ0v) is 12.5. The minimum Gasteiger partial charge on any atom is -0.262 e. The zero-order valence-electron chi connectivity index (χ0n) is 11.7. The molecule has 0 spiro atoms. The van der Waals surface area contributed by atoms with Gasteiger partial charge in [0.15, 0.2) is 28.2 Å². The Kier molecular flexibility index (Phi) is 3.83. The highest BCUT2D eigenvalue weighted by Gasteiger charge is 2.38. The molecule has 0 fully saturated rings. The summed E-state index contributed by atoms with van der Waals surface area (Å²) in [6.07, 6.45) is 2.98. The number of halogens is 5. The number of rotatable bonds is 2. The molecule has 24 heavy (non-hydrogen) atoms. The van der Waals surface area contributed by atoms with Crippen LogP contribution in [0.2, 0.25) is 0 Å². The summed E-state index contributed by atoms with van der Waals surface area (Å²) in [5.74, 6) is -11.8. The number of anilines is 1. The normalized spacial score (nSPS) is 14.0. The van der Waals surface area contributed by atoms with Crippen molar-refractivity contribution in [1.82, 2.24) is 0 Å². The summed E-state index contributed by atoms with van der Waals surface area (Å²) in [6, 6.07) is 6.01. The fourth-order valence-electron chi connectivity index (χ4n) is 2.38. The first-order valence-electron chi connectivity index (χ1n) is 6.56. The van der Waals surface area contributed by atoms with E-state index in [-0.39, 0.29) is 12.2 Å². The molecule has 9 heteroatoms. The molecule has 0 aromatic heterocycles. The van der Waals surface area contributed by atoms with Crippen LogP contribution in [0.4, 0.5) is 27.6 Å². The van der Waals surface area contributed by atoms with E-state index in [9.17, 15) is 30.4 Å². The van der Waals surface area contributed by atoms with Crippen molar-refractivity contribution in [2.45, 2.75) is 4.90 Å². The quantitative estimate of drug-likeness (QED) is 0.466. The monoisotopic (exact) mass is 361 g/mol. The molecule has 0 aliphatic carbocycles. The summed E-state index contributed by atoms with van der Waals surface area (Å²) in [7, 11) is -5.01. The molecule has 0 N–H and O–H groups in total. The lowest BCUT2D eigenvalue weighted by molar-refractivity contribution is 0.357. The molecular weight excluding hydrogens is 353 g/mol. The highest BCUT2D eigenvalue weighted by molar-refractivity contribution is 7.92. The summed E-state index contributed by atoms with van der Waals surface area (Å²) in [4.78, 5) is -1.87. The highest BCUT2D eigenvalue weighted by atomic mass is 32.2. The predicted molar refractivity (Wildman–Crippen MR) is 76.2 cm³/mol. The summed E-state index contributed by atoms with van der Waals surface area (Å²) in [5, 5.41) is 0. The summed E-state index contributed by atoms with van der Waals surface area (Å²) >= 11 is 0. The Bertz CT molecular complexity index is 943. The van der Waals surface area contributed by atoms with Gasteiger partial charge in [0.1, 0.15) is 0 Å². The van der Waals surface area contributed by atoms with E-state index >= 15 is 0 Å². The van der Waals surface area contributed by atoms with E-state index in [1.165, 1.54) is 18.2 Å². The third-order valence-corrected chi connectivity index (χ3v) is 5.29. The van der Waals surface area contributed by atoms with Crippen molar-refractivity contribution in [3.63, 3.8) is 0 Å². The molecule has 0 atom stereocenters. The van der Waals surface area contributed by atoms with E-state index in [2.05, 4.69) is 0 Å². The van der Waals surface area contributed by atoms with Gasteiger partial charge in [-0.25, -0.2) is 30.4 Å². The van der Waals surface area contributed by atoms with Crippen LogP contribution < -0.4 is 4.31 Å². The second kappa shape index (κ2) is 5.59. The van der Waals surface area contributed by atoms with Gasteiger partial charge in [-0.3, -0.25) is 4.31 Å². The van der Waals surface area contributed by atoms with Gasteiger partial charge in [-0.1, -0.05) is 30.4 Å². The van der Waals surface area contributed by atoms with E-state index in [1.807, 2.05) is 0 Å². The largest absolute Gasteiger partial charge is 0.270 e. The lowest BCUT2D eigenvalue weighted by atomic mass is 10.1. The lowest BCUT2D eigenvalue weighted by Crippen LogP contribution is -2.35. The maximum atomic E-state index is 13.9. The maximum Gasteiger partial charge on any atom is 0.270 e. The Labute approximate surface area is 133 Å². The van der Waals surface area contributed by atoms with Crippen molar-refractivity contribution < 1.29 is 30.4 Å². The number of benzene rings is 2. The molecule has 2 aromatic rings. The van der Waals surface area contributed by atoms with E-state index in [0.29, 0.717) is 9.87 Å². The molecule has 2 aromatic carbocycles. The van der Waals surface area contributed by atoms with Gasteiger partial charge < -0.3 is 0 Å². The van der Waals surface area contributed by atoms with E-state index in [4.69, 9.17) is 0 Å². The Morgan fingerprint density at radius 3 is 2.00 bits per heavy atom. The first-order chi connectivity index (χ1) is 11.3. The molecule has 0 bridgehead atoms. The molecule has 126 valence electrons. The van der Waals surface area contributed by atoms with Crippen molar-refractivity contribution in [3.8, 4) is 0 Å². The van der Waals surface area contributed by atoms with E-state index in [1.54, 1.807) is 18.2 Å². The van der Waals surface area contributed by atoms with Crippen LogP contribution >= 0.6 is 0 Å². The number of nitrogens with zero attached hydrogens (tertiary/aromatic N) is 1. The van der Waals surface area contributed by atoms with Gasteiger partial charge in [-0.05, 0) is 11.6 Å². The number of fused-ring (bicyclic) bond motifs is 1. The van der Waals surface area contributed by atoms with Crippen molar-refractivity contribution in [3.05, 3.63) is 65.0 Å². The van der Waals surface area contributed by atoms with Crippen LogP contribution in [-0.4, -0.2) is 15.0 Å². The van der Waals surface area contributed by atoms with Gasteiger partial charge in [-0.15, -0.1) is 0 Å². The van der Waals surface area contributed by atoms with Gasteiger partial charge in [0.05, 0.1) is 12.2 Å². The average molecular weight is 361 g/mol. The topological polar surface area (TPSA) is 37.4 Å². The first kappa shape index (κ1) is 16.4. The standard InChI is InChI=1S/C15H8F5NO2S/c16-10-11(17)13(19)15(14(20)12(10)18)24(22,23)21-7-3-5-8-4-1-2-6-9(8)21/h1-6H,7H2. The van der Waals surface area contributed by atoms with Crippen LogP contribution in [0.5, 0.6) is 0 Å². The Hall–Kier alpha value is -2.42. The SMILES string of the molecule is O=S(=O)(c1c(F)c(F)c(F)c(F)c1F)N1CC=Cc2ccccc21. The molecule has 3 rings (SSSR count). The number of sulfonamides is 1. The summed E-state index contributed by atoms with van der Waals surface area (Å²) in [6.45, 7) is -0.307. The average Bonchev–Trinajstić information content (AvgIpc) is 2.57. The summed E-state index contributed by atoms with van der Waals surface area (Å²) < 4.78 is 93.3. The minimum atomic E-state index is -5.01. The van der Waals surface area contributed by atoms with Crippen LogP contribution in [-0.2, 0) is 10.0 Å². The fourth-order valence-corrected chi connectivity index (χ4v) is 3.94. The third-order valence-electron chi connectivity index (χ3n) is 3.49. The molecule has 1 heterocycles. The van der Waals surface area contributed by atoms with Gasteiger partial charge in [0.2, 0.25) is 5.82 Å². The third kappa shape index (κ3) is 2.27. The van der Waals surface area contributed by atoms with Crippen molar-refractivity contribution in [2.75, 3.05) is 10.8 Å². The fraction of sp³-hybridized carbons (Fsp3) is 0.0667. The smallest absolute Gasteiger partial charge is 0.262 e. The maximum absolute atomic E-state index is 13.9. The minimum absolute atomic E-state index is 0.0731. The number of hydrogen-bond acceptors (Lipinski definition) is 2. The van der Waals surface area contributed by atoms with Gasteiger partial charge in [0, 0.05) is 0 Å².